The van der Waals surface area contributed by atoms with Crippen molar-refractivity contribution in [2.45, 2.75) is 74.2 Å². The van der Waals surface area contributed by atoms with E-state index in [9.17, 15) is 24.9 Å². The van der Waals surface area contributed by atoms with E-state index in [1.807, 2.05) is 61.5 Å². The van der Waals surface area contributed by atoms with Gasteiger partial charge in [0.1, 0.15) is 6.61 Å². The third kappa shape index (κ3) is 5.21. The van der Waals surface area contributed by atoms with Crippen LogP contribution in [0.25, 0.3) is 0 Å². The Bertz CT molecular complexity index is 1470. The zero-order chi connectivity index (χ0) is 30.7. The second-order valence-electron chi connectivity index (χ2n) is 13.5. The molecule has 0 aliphatic heterocycles. The molecule has 0 unspecified atom stereocenters. The van der Waals surface area contributed by atoms with Gasteiger partial charge in [-0.25, -0.2) is 0 Å². The molecule has 3 fully saturated rings. The van der Waals surface area contributed by atoms with Crippen LogP contribution in [0.4, 0.5) is 5.69 Å². The van der Waals surface area contributed by atoms with Gasteiger partial charge in [0, 0.05) is 32.4 Å². The number of anilines is 1. The zero-order valence-corrected chi connectivity index (χ0v) is 25.7. The molecule has 2 aromatic carbocycles. The number of allylic oxidation sites excluding steroid dienone is 4. The van der Waals surface area contributed by atoms with E-state index in [2.05, 4.69) is 6.92 Å². The lowest BCUT2D eigenvalue weighted by atomic mass is 9.46. The molecule has 5 N–H and O–H groups in total. The maximum absolute atomic E-state index is 13.4. The quantitative estimate of drug-likeness (QED) is 0.256. The van der Waals surface area contributed by atoms with E-state index in [0.29, 0.717) is 24.1 Å². The lowest BCUT2D eigenvalue weighted by Crippen LogP contribution is -2.56. The number of nitrogen functional groups attached to an aromatic ring is 1. The van der Waals surface area contributed by atoms with Crippen molar-refractivity contribution in [2.24, 2.45) is 34.5 Å². The summed E-state index contributed by atoms with van der Waals surface area (Å²) in [6.45, 7) is 5.14. The maximum atomic E-state index is 13.4. The molecule has 3 saturated carbocycles. The Morgan fingerprint density at radius 2 is 1.77 bits per heavy atom. The molecule has 0 bridgehead atoms. The van der Waals surface area contributed by atoms with Crippen molar-refractivity contribution >= 4 is 29.0 Å². The summed E-state index contributed by atoms with van der Waals surface area (Å²) in [4.78, 5) is 27.6. The number of nitrogens with two attached hydrogens (primary N) is 1. The van der Waals surface area contributed by atoms with Crippen LogP contribution in [0.3, 0.4) is 0 Å². The minimum absolute atomic E-state index is 0.0110. The predicted molar refractivity (Wildman–Crippen MR) is 165 cm³/mol. The number of Topliss-reactive ketones (excluding diaryl/α,β-unsaturated/α-hetero) is 1. The van der Waals surface area contributed by atoms with E-state index >= 15 is 0 Å². The van der Waals surface area contributed by atoms with Crippen LogP contribution in [0.1, 0.15) is 52.0 Å². The first-order valence-electron chi connectivity index (χ1n) is 15.2. The first kappa shape index (κ1) is 30.3. The van der Waals surface area contributed by atoms with Gasteiger partial charge in [-0.05, 0) is 98.4 Å². The molecule has 2 aromatic rings. The molecule has 4 aliphatic carbocycles. The van der Waals surface area contributed by atoms with Gasteiger partial charge >= 0.3 is 0 Å². The van der Waals surface area contributed by atoms with E-state index in [0.717, 1.165) is 28.2 Å². The molecular formula is C35H41NO6S. The average molecular weight is 604 g/mol. The summed E-state index contributed by atoms with van der Waals surface area (Å²) in [5.74, 6) is -2.62. The number of carbonyl (C=O) groups is 2. The van der Waals surface area contributed by atoms with Gasteiger partial charge in [0.15, 0.2) is 17.4 Å². The third-order valence-corrected chi connectivity index (χ3v) is 11.9. The highest BCUT2D eigenvalue weighted by Crippen LogP contribution is 2.66. The minimum atomic E-state index is -1.67. The number of aliphatic hydroxyl groups excluding tert-OH is 2. The Morgan fingerprint density at radius 3 is 2.42 bits per heavy atom. The summed E-state index contributed by atoms with van der Waals surface area (Å²) in [6, 6.07) is 15.2. The molecule has 8 heteroatoms. The van der Waals surface area contributed by atoms with Crippen LogP contribution in [-0.4, -0.2) is 45.7 Å². The Kier molecular flexibility index (Phi) is 7.75. The van der Waals surface area contributed by atoms with E-state index in [1.165, 1.54) is 0 Å². The van der Waals surface area contributed by atoms with Gasteiger partial charge in [-0.2, -0.15) is 0 Å². The largest absolute Gasteiger partial charge is 0.399 e. The molecule has 0 spiro atoms. The van der Waals surface area contributed by atoms with Gasteiger partial charge in [-0.1, -0.05) is 49.4 Å². The van der Waals surface area contributed by atoms with Gasteiger partial charge in [-0.3, -0.25) is 9.59 Å². The number of fused-ring (bicyclic) bond motifs is 5. The fourth-order valence-electron chi connectivity index (χ4n) is 8.97. The molecule has 4 aliphatic rings. The Hall–Kier alpha value is -2.75. The van der Waals surface area contributed by atoms with Gasteiger partial charge in [0.05, 0.1) is 18.1 Å². The van der Waals surface area contributed by atoms with Gasteiger partial charge in [-0.15, -0.1) is 0 Å². The topological polar surface area (TPSA) is 130 Å². The van der Waals surface area contributed by atoms with Crippen molar-refractivity contribution in [3.63, 3.8) is 0 Å². The predicted octanol–water partition coefficient (Wildman–Crippen LogP) is 5.04. The van der Waals surface area contributed by atoms with Gasteiger partial charge < -0.3 is 25.8 Å². The lowest BCUT2D eigenvalue weighted by molar-refractivity contribution is -0.235. The van der Waals surface area contributed by atoms with E-state index in [-0.39, 0.29) is 29.3 Å². The highest BCUT2D eigenvalue weighted by atomic mass is 32.2. The monoisotopic (exact) mass is 603 g/mol. The summed E-state index contributed by atoms with van der Waals surface area (Å²) in [6.07, 6.45) is 6.49. The number of ketones is 2. The van der Waals surface area contributed by atoms with Crippen LogP contribution in [0.5, 0.6) is 0 Å². The molecule has 0 heterocycles. The van der Waals surface area contributed by atoms with Crippen molar-refractivity contribution in [3.8, 4) is 0 Å². The van der Waals surface area contributed by atoms with Crippen LogP contribution < -0.4 is 5.73 Å². The number of benzene rings is 2. The molecule has 6 rings (SSSR count). The summed E-state index contributed by atoms with van der Waals surface area (Å²) in [5.41, 5.74) is 7.11. The molecule has 7 nitrogen and oxygen atoms in total. The summed E-state index contributed by atoms with van der Waals surface area (Å²) in [5, 5.41) is 33.4. The molecule has 228 valence electrons. The fraction of sp³-hybridized carbons (Fsp3) is 0.486. The van der Waals surface area contributed by atoms with E-state index in [1.54, 1.807) is 30.8 Å². The highest BCUT2D eigenvalue weighted by Gasteiger charge is 2.65. The van der Waals surface area contributed by atoms with Crippen molar-refractivity contribution in [1.29, 1.82) is 0 Å². The van der Waals surface area contributed by atoms with Gasteiger partial charge in [0.2, 0.25) is 0 Å². The van der Waals surface area contributed by atoms with E-state index < -0.39 is 41.3 Å². The van der Waals surface area contributed by atoms with Crippen molar-refractivity contribution in [1.82, 2.24) is 0 Å². The molecule has 0 aromatic heterocycles. The first-order valence-corrected chi connectivity index (χ1v) is 16.0. The molecular weight excluding hydrogens is 562 g/mol. The minimum Gasteiger partial charge on any atom is -0.399 e. The smallest absolute Gasteiger partial charge is 0.189 e. The van der Waals surface area contributed by atoms with E-state index in [4.69, 9.17) is 10.5 Å². The molecule has 9 atom stereocenters. The van der Waals surface area contributed by atoms with Crippen LogP contribution in [-0.2, 0) is 20.1 Å². The standard InChI is InChI=1S/C35H41NO6S/c1-33-15-14-23(38)16-21(33)6-13-26-27-17-30(32(29(40)19-37)34(27,2)18-28(39)31(26)33)42-35(3,41)20-4-9-24(10-5-20)43-25-11-7-22(36)8-12-25/h4-5,7-12,14-16,26-28,30-32,37,39,41H,6,13,17-19,36H2,1-3H3/t26-,27-,28-,30+,31+,32-,33-,34-,35+/m0/s1. The molecule has 43 heavy (non-hydrogen) atoms. The molecule has 0 radical (unpaired) electrons. The van der Waals surface area contributed by atoms with Crippen molar-refractivity contribution in [2.75, 3.05) is 12.3 Å². The molecule has 0 amide bonds. The first-order chi connectivity index (χ1) is 20.4. The Morgan fingerprint density at radius 1 is 1.12 bits per heavy atom. The second kappa shape index (κ2) is 11.0. The number of hydrogen-bond donors (Lipinski definition) is 4. The fourth-order valence-corrected chi connectivity index (χ4v) is 9.79. The molecule has 0 saturated heterocycles. The van der Waals surface area contributed by atoms with Crippen molar-refractivity contribution in [3.05, 3.63) is 77.9 Å². The van der Waals surface area contributed by atoms with Gasteiger partial charge in [0.25, 0.3) is 0 Å². The summed E-state index contributed by atoms with van der Waals surface area (Å²) < 4.78 is 6.46. The summed E-state index contributed by atoms with van der Waals surface area (Å²) >= 11 is 1.59. The van der Waals surface area contributed by atoms with Crippen LogP contribution in [0, 0.1) is 34.5 Å². The summed E-state index contributed by atoms with van der Waals surface area (Å²) in [7, 11) is 0. The average Bonchev–Trinajstić information content (AvgIpc) is 3.24. The normalized spacial score (nSPS) is 36.2. The number of rotatable bonds is 7. The number of carbonyl (C=O) groups excluding carboxylic acids is 2. The highest BCUT2D eigenvalue weighted by molar-refractivity contribution is 7.99. The second-order valence-corrected chi connectivity index (χ2v) is 14.6. The number of ether oxygens (including phenoxy) is 1. The van der Waals surface area contributed by atoms with Crippen molar-refractivity contribution < 1.29 is 29.6 Å². The van der Waals surface area contributed by atoms with Crippen LogP contribution in [0.15, 0.2) is 82.1 Å². The maximum Gasteiger partial charge on any atom is 0.189 e. The van der Waals surface area contributed by atoms with Crippen LogP contribution >= 0.6 is 11.8 Å². The SMILES string of the molecule is C[C@]12C[C@H](O)[C@H]3[C@@H](CCC4=CC(=O)C=C[C@@]43C)[C@@H]1C[C@@H](O[C@@](C)(O)c1ccc(Sc3ccc(N)cc3)cc1)[C@@H]2C(=O)CO. The number of aliphatic hydroxyl groups is 3. The Labute approximate surface area is 257 Å². The zero-order valence-electron chi connectivity index (χ0n) is 24.9. The third-order valence-electron chi connectivity index (χ3n) is 10.9. The lowest BCUT2D eigenvalue weighted by Gasteiger charge is -2.58. The van der Waals surface area contributed by atoms with Crippen LogP contribution in [0.2, 0.25) is 0 Å². The Balaban J connectivity index is 1.26. The number of hydrogen-bond acceptors (Lipinski definition) is 8.